The maximum Gasteiger partial charge on any atom is 0.122 e. The van der Waals surface area contributed by atoms with Crippen LogP contribution >= 0.6 is 0 Å². The molecule has 0 aliphatic heterocycles. The molecule has 24 heavy (non-hydrogen) atoms. The zero-order chi connectivity index (χ0) is 16.9. The summed E-state index contributed by atoms with van der Waals surface area (Å²) in [6, 6.07) is 26.1. The molecule has 0 amide bonds. The van der Waals surface area contributed by atoms with Crippen LogP contribution in [0.25, 0.3) is 0 Å². The lowest BCUT2D eigenvalue weighted by atomic mass is 9.85. The van der Waals surface area contributed by atoms with Gasteiger partial charge < -0.3 is 4.74 Å². The van der Waals surface area contributed by atoms with Crippen LogP contribution in [0.4, 0.5) is 0 Å². The van der Waals surface area contributed by atoms with Crippen molar-refractivity contribution in [3.63, 3.8) is 0 Å². The molecule has 0 aromatic heterocycles. The fraction of sp³-hybridized carbons (Fsp3) is 0.217. The van der Waals surface area contributed by atoms with Crippen LogP contribution in [0, 0.1) is 13.8 Å². The highest BCUT2D eigenvalue weighted by Gasteiger charge is 2.17. The highest BCUT2D eigenvalue weighted by atomic mass is 16.5. The highest BCUT2D eigenvalue weighted by Crippen LogP contribution is 2.32. The van der Waals surface area contributed by atoms with E-state index < -0.39 is 0 Å². The Labute approximate surface area is 144 Å². The Morgan fingerprint density at radius 3 is 1.71 bits per heavy atom. The molecule has 0 saturated heterocycles. The number of ether oxygens (including phenoxy) is 1. The summed E-state index contributed by atoms with van der Waals surface area (Å²) < 4.78 is 5.56. The maximum absolute atomic E-state index is 5.56. The topological polar surface area (TPSA) is 9.23 Å². The number of hydrogen-bond donors (Lipinski definition) is 0. The molecule has 0 unspecified atom stereocenters. The Morgan fingerprint density at radius 2 is 1.21 bits per heavy atom. The number of benzene rings is 3. The summed E-state index contributed by atoms with van der Waals surface area (Å²) in [5.41, 5.74) is 6.51. The molecule has 0 fully saturated rings. The molecule has 1 heteroatoms. The van der Waals surface area contributed by atoms with Gasteiger partial charge in [0, 0.05) is 5.92 Å². The molecule has 3 aromatic rings. The van der Waals surface area contributed by atoms with Crippen LogP contribution in [0.15, 0.2) is 72.8 Å². The number of aryl methyl sites for hydroxylation is 2. The fourth-order valence-corrected chi connectivity index (χ4v) is 3.12. The van der Waals surface area contributed by atoms with Gasteiger partial charge >= 0.3 is 0 Å². The first kappa shape index (κ1) is 16.3. The largest absolute Gasteiger partial charge is 0.496 e. The highest BCUT2D eigenvalue weighted by molar-refractivity contribution is 5.41. The molecule has 3 rings (SSSR count). The van der Waals surface area contributed by atoms with Gasteiger partial charge in [0.15, 0.2) is 0 Å². The first-order valence-electron chi connectivity index (χ1n) is 8.42. The van der Waals surface area contributed by atoms with Crippen molar-refractivity contribution >= 4 is 0 Å². The predicted octanol–water partition coefficient (Wildman–Crippen LogP) is 5.69. The molecule has 0 aliphatic carbocycles. The van der Waals surface area contributed by atoms with E-state index in [9.17, 15) is 0 Å². The van der Waals surface area contributed by atoms with E-state index in [1.165, 1.54) is 27.8 Å². The minimum Gasteiger partial charge on any atom is -0.496 e. The molecule has 3 aromatic carbocycles. The molecule has 0 aliphatic rings. The van der Waals surface area contributed by atoms with Crippen molar-refractivity contribution in [2.45, 2.75) is 26.2 Å². The second kappa shape index (κ2) is 7.35. The molecule has 1 nitrogen and oxygen atoms in total. The van der Waals surface area contributed by atoms with Crippen LogP contribution in [0.5, 0.6) is 5.75 Å². The molecule has 0 heterocycles. The lowest BCUT2D eigenvalue weighted by Gasteiger charge is -2.20. The lowest BCUT2D eigenvalue weighted by Crippen LogP contribution is -2.06. The quantitative estimate of drug-likeness (QED) is 0.588. The third-order valence-electron chi connectivity index (χ3n) is 4.58. The van der Waals surface area contributed by atoms with Gasteiger partial charge in [-0.15, -0.1) is 0 Å². The average molecular weight is 316 g/mol. The molecule has 0 bridgehead atoms. The van der Waals surface area contributed by atoms with E-state index in [0.29, 0.717) is 5.92 Å². The van der Waals surface area contributed by atoms with Crippen molar-refractivity contribution in [2.75, 3.05) is 7.11 Å². The van der Waals surface area contributed by atoms with Gasteiger partial charge in [0.25, 0.3) is 0 Å². The van der Waals surface area contributed by atoms with Crippen LogP contribution in [0.1, 0.15) is 33.7 Å². The minimum atomic E-state index is 0.322. The van der Waals surface area contributed by atoms with Gasteiger partial charge in [-0.1, -0.05) is 77.9 Å². The van der Waals surface area contributed by atoms with Gasteiger partial charge in [0.2, 0.25) is 0 Å². The maximum atomic E-state index is 5.56. The fourth-order valence-electron chi connectivity index (χ4n) is 3.12. The van der Waals surface area contributed by atoms with Gasteiger partial charge in [0.1, 0.15) is 5.75 Å². The molecule has 0 spiro atoms. The van der Waals surface area contributed by atoms with E-state index in [2.05, 4.69) is 74.5 Å². The standard InChI is InChI=1S/C23H24O/c1-17-8-12-19(13-9-17)22(20-14-10-18(2)11-15-20)16-21-6-4-5-7-23(21)24-3/h4-15,22H,16H2,1-3H3. The summed E-state index contributed by atoms with van der Waals surface area (Å²) >= 11 is 0. The summed E-state index contributed by atoms with van der Waals surface area (Å²) in [6.07, 6.45) is 0.927. The Hall–Kier alpha value is -2.54. The van der Waals surface area contributed by atoms with Crippen LogP contribution in [0.2, 0.25) is 0 Å². The summed E-state index contributed by atoms with van der Waals surface area (Å²) in [4.78, 5) is 0. The summed E-state index contributed by atoms with van der Waals surface area (Å²) in [7, 11) is 1.74. The first-order chi connectivity index (χ1) is 11.7. The van der Waals surface area contributed by atoms with Crippen molar-refractivity contribution in [2.24, 2.45) is 0 Å². The van der Waals surface area contributed by atoms with Crippen molar-refractivity contribution in [3.8, 4) is 5.75 Å². The van der Waals surface area contributed by atoms with Crippen LogP contribution in [0.3, 0.4) is 0 Å². The van der Waals surface area contributed by atoms with Crippen molar-refractivity contribution in [1.29, 1.82) is 0 Å². The van der Waals surface area contributed by atoms with Gasteiger partial charge in [-0.2, -0.15) is 0 Å². The summed E-state index contributed by atoms with van der Waals surface area (Å²) in [5.74, 6) is 1.28. The van der Waals surface area contributed by atoms with E-state index in [1.54, 1.807) is 7.11 Å². The zero-order valence-electron chi connectivity index (χ0n) is 14.6. The molecule has 122 valence electrons. The number of rotatable bonds is 5. The van der Waals surface area contributed by atoms with Crippen LogP contribution < -0.4 is 4.74 Å². The van der Waals surface area contributed by atoms with Crippen LogP contribution in [-0.2, 0) is 6.42 Å². The third kappa shape index (κ3) is 3.68. The molecule has 0 radical (unpaired) electrons. The molecule has 0 atom stereocenters. The van der Waals surface area contributed by atoms with Crippen molar-refractivity contribution in [3.05, 3.63) is 101 Å². The Balaban J connectivity index is 2.01. The number of hydrogen-bond acceptors (Lipinski definition) is 1. The summed E-state index contributed by atoms with van der Waals surface area (Å²) in [5, 5.41) is 0. The van der Waals surface area contributed by atoms with E-state index in [1.807, 2.05) is 12.1 Å². The third-order valence-corrected chi connectivity index (χ3v) is 4.58. The van der Waals surface area contributed by atoms with Gasteiger partial charge in [0.05, 0.1) is 7.11 Å². The molecular formula is C23H24O. The van der Waals surface area contributed by atoms with Gasteiger partial charge in [-0.25, -0.2) is 0 Å². The van der Waals surface area contributed by atoms with E-state index in [0.717, 1.165) is 12.2 Å². The Morgan fingerprint density at radius 1 is 0.708 bits per heavy atom. The number of para-hydroxylation sites is 1. The van der Waals surface area contributed by atoms with E-state index >= 15 is 0 Å². The zero-order valence-corrected chi connectivity index (χ0v) is 14.6. The molecular weight excluding hydrogens is 292 g/mol. The van der Waals surface area contributed by atoms with Crippen molar-refractivity contribution < 1.29 is 4.74 Å². The smallest absolute Gasteiger partial charge is 0.122 e. The molecule has 0 N–H and O–H groups in total. The average Bonchev–Trinajstić information content (AvgIpc) is 2.62. The predicted molar refractivity (Wildman–Crippen MR) is 101 cm³/mol. The van der Waals surface area contributed by atoms with Crippen molar-refractivity contribution in [1.82, 2.24) is 0 Å². The second-order valence-corrected chi connectivity index (χ2v) is 6.39. The van der Waals surface area contributed by atoms with E-state index in [4.69, 9.17) is 4.74 Å². The van der Waals surface area contributed by atoms with E-state index in [-0.39, 0.29) is 0 Å². The molecule has 0 saturated carbocycles. The Bertz CT molecular complexity index is 740. The normalized spacial score (nSPS) is 10.8. The SMILES string of the molecule is COc1ccccc1CC(c1ccc(C)cc1)c1ccc(C)cc1. The van der Waals surface area contributed by atoms with Gasteiger partial charge in [-0.05, 0) is 43.0 Å². The van der Waals surface area contributed by atoms with Gasteiger partial charge in [-0.3, -0.25) is 0 Å². The minimum absolute atomic E-state index is 0.322. The lowest BCUT2D eigenvalue weighted by molar-refractivity contribution is 0.409. The Kier molecular flexibility index (Phi) is 5.00. The monoisotopic (exact) mass is 316 g/mol. The summed E-state index contributed by atoms with van der Waals surface area (Å²) in [6.45, 7) is 4.26. The second-order valence-electron chi connectivity index (χ2n) is 6.39. The number of methoxy groups -OCH3 is 1. The first-order valence-corrected chi connectivity index (χ1v) is 8.42. The van der Waals surface area contributed by atoms with Crippen LogP contribution in [-0.4, -0.2) is 7.11 Å².